The monoisotopic (exact) mass is 491 g/mol. The second-order valence-electron chi connectivity index (χ2n) is 10.5. The fourth-order valence-electron chi connectivity index (χ4n) is 4.00. The Morgan fingerprint density at radius 3 is 2.66 bits per heavy atom. The average Bonchev–Trinajstić information content (AvgIpc) is 2.82. The number of hydrogen-bond acceptors (Lipinski definition) is 6. The number of hydrogen-bond donors (Lipinski definition) is 3. The Morgan fingerprint density at radius 1 is 1.26 bits per heavy atom. The van der Waals surface area contributed by atoms with Crippen molar-refractivity contribution >= 4 is 17.8 Å². The number of nitrogens with one attached hydrogen (secondary N) is 2. The number of amides is 2. The number of fused-ring (bicyclic) bond motifs is 1. The summed E-state index contributed by atoms with van der Waals surface area (Å²) >= 11 is 0. The minimum Gasteiger partial charge on any atom is -0.480 e. The molecule has 2 rings (SSSR count). The van der Waals surface area contributed by atoms with Gasteiger partial charge in [-0.3, -0.25) is 0 Å². The summed E-state index contributed by atoms with van der Waals surface area (Å²) in [5.74, 6) is 0.00986. The summed E-state index contributed by atoms with van der Waals surface area (Å²) in [6.07, 6.45) is 5.49. The molecule has 2 amide bonds. The first-order valence-corrected chi connectivity index (χ1v) is 12.8. The van der Waals surface area contributed by atoms with Crippen LogP contribution < -0.4 is 10.6 Å². The first-order chi connectivity index (χ1) is 16.5. The summed E-state index contributed by atoms with van der Waals surface area (Å²) in [5, 5.41) is 15.7. The van der Waals surface area contributed by atoms with E-state index in [9.17, 15) is 14.7 Å². The van der Waals surface area contributed by atoms with Crippen molar-refractivity contribution in [2.24, 2.45) is 0 Å². The van der Waals surface area contributed by atoms with Crippen LogP contribution in [0.15, 0.2) is 12.1 Å². The third-order valence-electron chi connectivity index (χ3n) is 6.67. The molecule has 0 aliphatic carbocycles. The Balaban J connectivity index is 1.87. The Morgan fingerprint density at radius 2 is 2.00 bits per heavy atom. The molecule has 0 fully saturated rings. The fraction of sp³-hybridized carbons (Fsp3) is 0.731. The number of aromatic nitrogens is 1. The normalized spacial score (nSPS) is 15.2. The summed E-state index contributed by atoms with van der Waals surface area (Å²) in [6.45, 7) is 10.8. The number of aliphatic carboxylic acids is 1. The van der Waals surface area contributed by atoms with Gasteiger partial charge in [0.05, 0.1) is 6.10 Å². The molecule has 0 bridgehead atoms. The van der Waals surface area contributed by atoms with Crippen molar-refractivity contribution in [3.63, 3.8) is 0 Å². The van der Waals surface area contributed by atoms with E-state index in [4.69, 9.17) is 9.72 Å². The number of carboxylic acid groups (broad SMARTS) is 1. The molecule has 2 atom stereocenters. The predicted octanol–water partition coefficient (Wildman–Crippen LogP) is 3.38. The zero-order valence-corrected chi connectivity index (χ0v) is 22.4. The van der Waals surface area contributed by atoms with Crippen LogP contribution in [0.25, 0.3) is 0 Å². The van der Waals surface area contributed by atoms with E-state index in [1.807, 2.05) is 27.7 Å². The molecule has 1 unspecified atom stereocenters. The van der Waals surface area contributed by atoms with Crippen molar-refractivity contribution in [3.8, 4) is 0 Å². The number of ether oxygens (including phenoxy) is 1. The second kappa shape index (κ2) is 13.6. The van der Waals surface area contributed by atoms with E-state index < -0.39 is 17.6 Å². The smallest absolute Gasteiger partial charge is 0.326 e. The van der Waals surface area contributed by atoms with Gasteiger partial charge in [0.15, 0.2) is 0 Å². The van der Waals surface area contributed by atoms with Crippen LogP contribution in [0.1, 0.15) is 64.6 Å². The maximum absolute atomic E-state index is 12.5. The Kier molecular flexibility index (Phi) is 11.2. The summed E-state index contributed by atoms with van der Waals surface area (Å²) < 4.78 is 5.45. The maximum atomic E-state index is 12.5. The number of carbonyl (C=O) groups excluding carboxylic acids is 1. The number of pyridine rings is 1. The SMILES string of the molecule is COC(C)CN(CCCCc1ccc2c(n1)NCCC2)CC[C@H](NC(=O)N(C)C(C)(C)C)C(=O)O. The molecule has 35 heavy (non-hydrogen) atoms. The van der Waals surface area contributed by atoms with Gasteiger partial charge in [-0.05, 0) is 84.4 Å². The number of aryl methyl sites for hydroxylation is 2. The van der Waals surface area contributed by atoms with E-state index in [1.54, 1.807) is 14.2 Å². The van der Waals surface area contributed by atoms with E-state index in [-0.39, 0.29) is 12.1 Å². The molecule has 0 saturated heterocycles. The molecule has 0 radical (unpaired) electrons. The van der Waals surface area contributed by atoms with Crippen molar-refractivity contribution in [1.82, 2.24) is 20.1 Å². The molecule has 0 aromatic carbocycles. The molecule has 1 aliphatic rings. The van der Waals surface area contributed by atoms with Crippen molar-refractivity contribution < 1.29 is 19.4 Å². The molecule has 198 valence electrons. The first kappa shape index (κ1) is 28.8. The van der Waals surface area contributed by atoms with Crippen LogP contribution >= 0.6 is 0 Å². The number of carbonyl (C=O) groups is 2. The van der Waals surface area contributed by atoms with Crippen molar-refractivity contribution in [2.75, 3.05) is 45.7 Å². The van der Waals surface area contributed by atoms with Crippen LogP contribution in [0.4, 0.5) is 10.6 Å². The highest BCUT2D eigenvalue weighted by Gasteiger charge is 2.27. The van der Waals surface area contributed by atoms with Crippen LogP contribution in [-0.2, 0) is 22.4 Å². The minimum atomic E-state index is -1.02. The van der Waals surface area contributed by atoms with Crippen molar-refractivity contribution in [3.05, 3.63) is 23.4 Å². The highest BCUT2D eigenvalue weighted by Crippen LogP contribution is 2.20. The minimum absolute atomic E-state index is 0.0354. The van der Waals surface area contributed by atoms with Gasteiger partial charge in [0, 0.05) is 45.0 Å². The van der Waals surface area contributed by atoms with Gasteiger partial charge >= 0.3 is 12.0 Å². The molecule has 9 heteroatoms. The van der Waals surface area contributed by atoms with Gasteiger partial charge < -0.3 is 30.3 Å². The van der Waals surface area contributed by atoms with E-state index >= 15 is 0 Å². The average molecular weight is 492 g/mol. The van der Waals surface area contributed by atoms with Crippen LogP contribution in [0.2, 0.25) is 0 Å². The molecule has 1 aliphatic heterocycles. The van der Waals surface area contributed by atoms with E-state index in [1.165, 1.54) is 10.5 Å². The van der Waals surface area contributed by atoms with Crippen LogP contribution in [0.3, 0.4) is 0 Å². The molecular formula is C26H45N5O4. The topological polar surface area (TPSA) is 107 Å². The number of anilines is 1. The van der Waals surface area contributed by atoms with Crippen LogP contribution in [-0.4, -0.2) is 89.9 Å². The zero-order chi connectivity index (χ0) is 26.0. The first-order valence-electron chi connectivity index (χ1n) is 12.8. The number of unbranched alkanes of at least 4 members (excludes halogenated alkanes) is 1. The largest absolute Gasteiger partial charge is 0.480 e. The lowest BCUT2D eigenvalue weighted by molar-refractivity contribution is -0.139. The number of nitrogens with zero attached hydrogens (tertiary/aromatic N) is 3. The molecule has 1 aromatic heterocycles. The second-order valence-corrected chi connectivity index (χ2v) is 10.5. The molecule has 2 heterocycles. The molecule has 3 N–H and O–H groups in total. The fourth-order valence-corrected chi connectivity index (χ4v) is 4.00. The summed E-state index contributed by atoms with van der Waals surface area (Å²) in [7, 11) is 3.36. The molecule has 0 spiro atoms. The van der Waals surface area contributed by atoms with E-state index in [0.717, 1.165) is 56.7 Å². The third kappa shape index (κ3) is 9.64. The van der Waals surface area contributed by atoms with Gasteiger partial charge in [-0.2, -0.15) is 0 Å². The zero-order valence-electron chi connectivity index (χ0n) is 22.4. The highest BCUT2D eigenvalue weighted by molar-refractivity contribution is 5.82. The quantitative estimate of drug-likeness (QED) is 0.363. The molecule has 9 nitrogen and oxygen atoms in total. The van der Waals surface area contributed by atoms with E-state index in [2.05, 4.69) is 27.7 Å². The number of rotatable bonds is 13. The van der Waals surface area contributed by atoms with Gasteiger partial charge in [0.2, 0.25) is 0 Å². The van der Waals surface area contributed by atoms with Gasteiger partial charge in [0.25, 0.3) is 0 Å². The lowest BCUT2D eigenvalue weighted by atomic mass is 10.1. The van der Waals surface area contributed by atoms with Crippen molar-refractivity contribution in [1.29, 1.82) is 0 Å². The molecule has 1 aromatic rings. The highest BCUT2D eigenvalue weighted by atomic mass is 16.5. The van der Waals surface area contributed by atoms with Crippen LogP contribution in [0.5, 0.6) is 0 Å². The Bertz CT molecular complexity index is 826. The van der Waals surface area contributed by atoms with Gasteiger partial charge in [-0.25, -0.2) is 14.6 Å². The number of methoxy groups -OCH3 is 1. The third-order valence-corrected chi connectivity index (χ3v) is 6.67. The summed E-state index contributed by atoms with van der Waals surface area (Å²) in [6, 6.07) is 2.99. The Labute approximate surface area is 210 Å². The lowest BCUT2D eigenvalue weighted by Crippen LogP contribution is -2.53. The maximum Gasteiger partial charge on any atom is 0.326 e. The summed E-state index contributed by atoms with van der Waals surface area (Å²) in [5.41, 5.74) is 2.01. The molecular weight excluding hydrogens is 446 g/mol. The number of carboxylic acids is 1. The van der Waals surface area contributed by atoms with Crippen molar-refractivity contribution in [2.45, 2.75) is 83.9 Å². The van der Waals surface area contributed by atoms with E-state index in [0.29, 0.717) is 19.5 Å². The van der Waals surface area contributed by atoms with Gasteiger partial charge in [-0.15, -0.1) is 0 Å². The van der Waals surface area contributed by atoms with Crippen LogP contribution in [0, 0.1) is 0 Å². The van der Waals surface area contributed by atoms with Gasteiger partial charge in [-0.1, -0.05) is 6.07 Å². The number of urea groups is 1. The Hall–Kier alpha value is -2.39. The standard InChI is InChI=1S/C26H45N5O4/c1-19(35-6)18-31(17-14-22(24(32)33)29-25(34)30(5)26(2,3)4)16-8-7-11-21-13-12-20-10-9-15-27-23(20)28-21/h12-13,19,22H,7-11,14-18H2,1-6H3,(H,27,28)(H,29,34)(H,32,33)/t19?,22-/m0/s1. The summed E-state index contributed by atoms with van der Waals surface area (Å²) in [4.78, 5) is 32.9. The predicted molar refractivity (Wildman–Crippen MR) is 139 cm³/mol. The lowest BCUT2D eigenvalue weighted by Gasteiger charge is -2.33. The van der Waals surface area contributed by atoms with Gasteiger partial charge in [0.1, 0.15) is 11.9 Å². The molecule has 0 saturated carbocycles.